The predicted octanol–water partition coefficient (Wildman–Crippen LogP) is -0.810. The quantitative estimate of drug-likeness (QED) is 0.684. The van der Waals surface area contributed by atoms with E-state index in [1.165, 1.54) is 24.3 Å². The molecule has 0 saturated carbocycles. The molecule has 0 aliphatic carbocycles. The molecule has 88 valence electrons. The normalized spacial score (nSPS) is 10.4. The van der Waals surface area contributed by atoms with E-state index in [1.807, 2.05) is 0 Å². The van der Waals surface area contributed by atoms with Crippen LogP contribution in [0.1, 0.15) is 32.6 Å². The van der Waals surface area contributed by atoms with E-state index in [9.17, 15) is 19.8 Å². The summed E-state index contributed by atoms with van der Waals surface area (Å²) in [7, 11) is 0. The number of hydrogen-bond acceptors (Lipinski definition) is 6. The molecule has 2 aromatic rings. The molecule has 0 N–H and O–H groups in total. The van der Waals surface area contributed by atoms with E-state index in [1.54, 1.807) is 0 Å². The molecular formula is C11H6O6-2. The van der Waals surface area contributed by atoms with E-state index < -0.39 is 11.9 Å². The molecule has 0 aliphatic rings. The molecule has 0 atom stereocenters. The van der Waals surface area contributed by atoms with Gasteiger partial charge in [-0.05, 0) is 24.3 Å². The molecule has 0 saturated heterocycles. The van der Waals surface area contributed by atoms with Crippen molar-refractivity contribution in [3.63, 3.8) is 0 Å². The lowest BCUT2D eigenvalue weighted by Crippen LogP contribution is -2.21. The lowest BCUT2D eigenvalue weighted by molar-refractivity contribution is -0.258. The van der Waals surface area contributed by atoms with E-state index in [2.05, 4.69) is 0 Å². The van der Waals surface area contributed by atoms with Gasteiger partial charge in [-0.25, -0.2) is 0 Å². The molecule has 0 aromatic carbocycles. The van der Waals surface area contributed by atoms with Gasteiger partial charge in [-0.2, -0.15) is 0 Å². The first-order valence-corrected chi connectivity index (χ1v) is 4.66. The first-order chi connectivity index (χ1) is 8.06. The highest BCUT2D eigenvalue weighted by molar-refractivity contribution is 5.82. The largest absolute Gasteiger partial charge is 0.542 e. The highest BCUT2D eigenvalue weighted by atomic mass is 16.4. The van der Waals surface area contributed by atoms with Crippen LogP contribution < -0.4 is 10.2 Å². The highest BCUT2D eigenvalue weighted by Crippen LogP contribution is 2.15. The van der Waals surface area contributed by atoms with Crippen molar-refractivity contribution in [1.29, 1.82) is 0 Å². The molecule has 0 unspecified atom stereocenters. The molecule has 0 aliphatic heterocycles. The smallest absolute Gasteiger partial charge is 0.149 e. The van der Waals surface area contributed by atoms with Crippen molar-refractivity contribution >= 4 is 11.9 Å². The number of carbonyl (C=O) groups excluding carboxylic acids is 2. The summed E-state index contributed by atoms with van der Waals surface area (Å²) in [6.07, 6.45) is 0.153. The minimum Gasteiger partial charge on any atom is -0.542 e. The third-order valence-electron chi connectivity index (χ3n) is 2.07. The Morgan fingerprint density at radius 1 is 0.882 bits per heavy atom. The van der Waals surface area contributed by atoms with E-state index in [-0.39, 0.29) is 17.9 Å². The van der Waals surface area contributed by atoms with Gasteiger partial charge in [-0.15, -0.1) is 0 Å². The molecule has 0 amide bonds. The maximum absolute atomic E-state index is 10.4. The fourth-order valence-corrected chi connectivity index (χ4v) is 1.34. The minimum atomic E-state index is -1.41. The Morgan fingerprint density at radius 3 is 1.59 bits per heavy atom. The average molecular weight is 234 g/mol. The van der Waals surface area contributed by atoms with Crippen LogP contribution in [-0.2, 0) is 6.42 Å². The van der Waals surface area contributed by atoms with Crippen LogP contribution in [0.3, 0.4) is 0 Å². The average Bonchev–Trinajstić information content (AvgIpc) is 2.87. The van der Waals surface area contributed by atoms with Crippen LogP contribution in [0.4, 0.5) is 0 Å². The van der Waals surface area contributed by atoms with Crippen molar-refractivity contribution in [3.8, 4) is 0 Å². The van der Waals surface area contributed by atoms with Crippen LogP contribution in [0.2, 0.25) is 0 Å². The molecule has 0 fully saturated rings. The first-order valence-electron chi connectivity index (χ1n) is 4.66. The third-order valence-corrected chi connectivity index (χ3v) is 2.07. The van der Waals surface area contributed by atoms with Gasteiger partial charge in [0, 0.05) is 0 Å². The lowest BCUT2D eigenvalue weighted by Gasteiger charge is -1.97. The topological polar surface area (TPSA) is 107 Å². The third kappa shape index (κ3) is 2.36. The van der Waals surface area contributed by atoms with Crippen molar-refractivity contribution < 1.29 is 28.6 Å². The number of carbonyl (C=O) groups is 2. The SMILES string of the molecule is O=C([O-])c1ccc(Cc2ccc(C(=O)[O-])o2)o1. The maximum Gasteiger partial charge on any atom is 0.149 e. The van der Waals surface area contributed by atoms with Crippen LogP contribution in [0.25, 0.3) is 0 Å². The van der Waals surface area contributed by atoms with Crippen molar-refractivity contribution in [2.75, 3.05) is 0 Å². The lowest BCUT2D eigenvalue weighted by atomic mass is 10.3. The fraction of sp³-hybridized carbons (Fsp3) is 0.0909. The van der Waals surface area contributed by atoms with Crippen molar-refractivity contribution in [2.45, 2.75) is 6.42 Å². The molecule has 0 spiro atoms. The number of carboxylic acids is 2. The Bertz CT molecular complexity index is 512. The van der Waals surface area contributed by atoms with Gasteiger partial charge >= 0.3 is 0 Å². The molecule has 2 rings (SSSR count). The standard InChI is InChI=1S/C11H8O6/c12-10(13)8-3-1-6(16-8)5-7-2-4-9(17-7)11(14)15/h1-4H,5H2,(H,12,13)(H,14,15)/p-2. The van der Waals surface area contributed by atoms with Gasteiger partial charge in [0.25, 0.3) is 0 Å². The molecule has 0 bridgehead atoms. The Balaban J connectivity index is 2.13. The summed E-state index contributed by atoms with van der Waals surface area (Å²) in [5.41, 5.74) is 0. The van der Waals surface area contributed by atoms with Gasteiger partial charge in [0.05, 0.1) is 6.42 Å². The number of carboxylic acid groups (broad SMARTS) is 2. The molecule has 17 heavy (non-hydrogen) atoms. The number of aromatic carboxylic acids is 2. The van der Waals surface area contributed by atoms with Gasteiger partial charge in [0.15, 0.2) is 0 Å². The highest BCUT2D eigenvalue weighted by Gasteiger charge is 2.08. The van der Waals surface area contributed by atoms with Crippen molar-refractivity contribution in [2.24, 2.45) is 0 Å². The van der Waals surface area contributed by atoms with Gasteiger partial charge < -0.3 is 28.6 Å². The Hall–Kier alpha value is -2.50. The summed E-state index contributed by atoms with van der Waals surface area (Å²) < 4.78 is 9.87. The zero-order valence-corrected chi connectivity index (χ0v) is 8.47. The Morgan fingerprint density at radius 2 is 1.29 bits per heavy atom. The molecule has 6 heteroatoms. The van der Waals surface area contributed by atoms with Gasteiger partial charge in [-0.3, -0.25) is 0 Å². The second-order valence-corrected chi connectivity index (χ2v) is 3.28. The van der Waals surface area contributed by atoms with Crippen LogP contribution in [0, 0.1) is 0 Å². The summed E-state index contributed by atoms with van der Waals surface area (Å²) in [6.45, 7) is 0. The first kappa shape index (κ1) is 11.0. The minimum absolute atomic E-state index is 0.153. The summed E-state index contributed by atoms with van der Waals surface area (Å²) >= 11 is 0. The van der Waals surface area contributed by atoms with Crippen LogP contribution in [-0.4, -0.2) is 11.9 Å². The Labute approximate surface area is 95.1 Å². The summed E-state index contributed by atoms with van der Waals surface area (Å²) in [5, 5.41) is 20.9. The summed E-state index contributed by atoms with van der Waals surface area (Å²) in [4.78, 5) is 20.9. The number of rotatable bonds is 4. The molecule has 2 aromatic heterocycles. The van der Waals surface area contributed by atoms with E-state index >= 15 is 0 Å². The second-order valence-electron chi connectivity index (χ2n) is 3.28. The predicted molar refractivity (Wildman–Crippen MR) is 48.9 cm³/mol. The summed E-state index contributed by atoms with van der Waals surface area (Å²) in [6, 6.07) is 5.42. The number of hydrogen-bond donors (Lipinski definition) is 0. The van der Waals surface area contributed by atoms with Crippen LogP contribution >= 0.6 is 0 Å². The van der Waals surface area contributed by atoms with Crippen LogP contribution in [0.15, 0.2) is 33.1 Å². The van der Waals surface area contributed by atoms with Gasteiger partial charge in [0.1, 0.15) is 35.0 Å². The van der Waals surface area contributed by atoms with E-state index in [0.717, 1.165) is 0 Å². The molecule has 2 heterocycles. The molecule has 6 nitrogen and oxygen atoms in total. The summed E-state index contributed by atoms with van der Waals surface area (Å²) in [5.74, 6) is -2.72. The fourth-order valence-electron chi connectivity index (χ4n) is 1.34. The second kappa shape index (κ2) is 4.17. The van der Waals surface area contributed by atoms with Crippen molar-refractivity contribution in [3.05, 3.63) is 47.3 Å². The van der Waals surface area contributed by atoms with Gasteiger partial charge in [0.2, 0.25) is 0 Å². The zero-order chi connectivity index (χ0) is 12.4. The molecule has 0 radical (unpaired) electrons. The monoisotopic (exact) mass is 234 g/mol. The Kier molecular flexibility index (Phi) is 2.70. The van der Waals surface area contributed by atoms with Crippen LogP contribution in [0.5, 0.6) is 0 Å². The molecular weight excluding hydrogens is 228 g/mol. The van der Waals surface area contributed by atoms with E-state index in [4.69, 9.17) is 8.83 Å². The van der Waals surface area contributed by atoms with Crippen molar-refractivity contribution in [1.82, 2.24) is 0 Å². The maximum atomic E-state index is 10.4. The zero-order valence-electron chi connectivity index (χ0n) is 8.47. The van der Waals surface area contributed by atoms with E-state index in [0.29, 0.717) is 11.5 Å². The van der Waals surface area contributed by atoms with Gasteiger partial charge in [-0.1, -0.05) is 0 Å². The number of furan rings is 2.